The Hall–Kier alpha value is -4.80. The molecule has 180 valence electrons. The number of fused-ring (bicyclic) bond motifs is 4. The smallest absolute Gasteiger partial charge is 0.353 e. The molecule has 5 aromatic rings. The molecule has 4 aromatic heterocycles. The monoisotopic (exact) mass is 487 g/mol. The fourth-order valence-corrected chi connectivity index (χ4v) is 4.84. The van der Waals surface area contributed by atoms with Gasteiger partial charge in [0.1, 0.15) is 17.3 Å². The predicted molar refractivity (Wildman–Crippen MR) is 128 cm³/mol. The number of halogens is 1. The Bertz CT molecular complexity index is 1820. The average Bonchev–Trinajstić information content (AvgIpc) is 3.19. The number of aromatic amines is 2. The zero-order valence-electron chi connectivity index (χ0n) is 18.7. The number of carbonyl (C=O) groups is 1. The van der Waals surface area contributed by atoms with Gasteiger partial charge in [-0.3, -0.25) is 9.59 Å². The van der Waals surface area contributed by atoms with E-state index in [1.807, 2.05) is 0 Å². The maximum absolute atomic E-state index is 15.2. The number of aromatic nitrogens is 5. The minimum Gasteiger partial charge on any atom is -0.492 e. The van der Waals surface area contributed by atoms with Crippen LogP contribution < -0.4 is 15.9 Å². The normalized spacial score (nSPS) is 13.0. The van der Waals surface area contributed by atoms with Gasteiger partial charge in [0.2, 0.25) is 0 Å². The molecule has 0 radical (unpaired) electrons. The maximum atomic E-state index is 15.2. The molecule has 0 fully saturated rings. The first kappa shape index (κ1) is 21.7. The minimum atomic E-state index is -1.30. The van der Waals surface area contributed by atoms with Crippen LogP contribution >= 0.6 is 0 Å². The number of nitrogens with zero attached hydrogens (tertiary/aromatic N) is 3. The van der Waals surface area contributed by atoms with Crippen molar-refractivity contribution in [3.8, 4) is 16.9 Å². The number of rotatable bonds is 4. The van der Waals surface area contributed by atoms with Crippen LogP contribution in [0.3, 0.4) is 0 Å². The highest BCUT2D eigenvalue weighted by molar-refractivity contribution is 6.11. The van der Waals surface area contributed by atoms with E-state index in [1.165, 1.54) is 35.4 Å². The zero-order chi connectivity index (χ0) is 25.0. The quantitative estimate of drug-likeness (QED) is 0.354. The molecule has 1 aliphatic heterocycles. The molecule has 36 heavy (non-hydrogen) atoms. The Morgan fingerprint density at radius 1 is 1.19 bits per heavy atom. The summed E-state index contributed by atoms with van der Waals surface area (Å²) in [6.07, 6.45) is 5.22. The van der Waals surface area contributed by atoms with Crippen molar-refractivity contribution in [1.82, 2.24) is 24.5 Å². The number of hydrogen-bond acceptors (Lipinski definition) is 6. The van der Waals surface area contributed by atoms with E-state index in [2.05, 4.69) is 19.9 Å². The number of pyridine rings is 2. The molecule has 11 heteroatoms. The Morgan fingerprint density at radius 2 is 2.06 bits per heavy atom. The molecule has 1 aliphatic rings. The van der Waals surface area contributed by atoms with E-state index in [4.69, 9.17) is 4.74 Å². The van der Waals surface area contributed by atoms with E-state index in [9.17, 15) is 19.5 Å². The minimum absolute atomic E-state index is 0.0572. The number of benzene rings is 1. The van der Waals surface area contributed by atoms with Crippen LogP contribution in [0.25, 0.3) is 33.1 Å². The second kappa shape index (κ2) is 8.15. The second-order valence-electron chi connectivity index (χ2n) is 8.49. The summed E-state index contributed by atoms with van der Waals surface area (Å²) in [6, 6.07) is 5.95. The largest absolute Gasteiger partial charge is 0.492 e. The summed E-state index contributed by atoms with van der Waals surface area (Å²) in [5.41, 5.74) is 0.517. The summed E-state index contributed by atoms with van der Waals surface area (Å²) >= 11 is 0. The molecule has 3 N–H and O–H groups in total. The van der Waals surface area contributed by atoms with Gasteiger partial charge < -0.3 is 24.4 Å². The number of carboxylic acids is 1. The van der Waals surface area contributed by atoms with Gasteiger partial charge in [0.15, 0.2) is 5.65 Å². The number of ether oxygens (including phenoxy) is 1. The lowest BCUT2D eigenvalue weighted by atomic mass is 9.97. The van der Waals surface area contributed by atoms with E-state index in [0.29, 0.717) is 36.0 Å². The molecule has 0 amide bonds. The molecule has 10 nitrogen and oxygen atoms in total. The first-order chi connectivity index (χ1) is 17.4. The van der Waals surface area contributed by atoms with Gasteiger partial charge in [-0.15, -0.1) is 0 Å². The summed E-state index contributed by atoms with van der Waals surface area (Å²) in [6.45, 7) is 0.284. The molecule has 6 rings (SSSR count). The van der Waals surface area contributed by atoms with Crippen molar-refractivity contribution in [2.75, 3.05) is 6.61 Å². The van der Waals surface area contributed by atoms with Crippen LogP contribution in [0.1, 0.15) is 28.0 Å². The topological polar surface area (TPSA) is 143 Å². The van der Waals surface area contributed by atoms with Gasteiger partial charge in [-0.05, 0) is 42.7 Å². The van der Waals surface area contributed by atoms with Crippen molar-refractivity contribution in [3.63, 3.8) is 0 Å². The summed E-state index contributed by atoms with van der Waals surface area (Å²) < 4.78 is 22.5. The SMILES string of the molecule is O=C(O)c1c(-c2ccc[nH]c2=O)c2c3c(c(F)cc2n1Cc1cnc2nc[nH]c(=O)c2c1)CCCO3. The Morgan fingerprint density at radius 3 is 2.86 bits per heavy atom. The van der Waals surface area contributed by atoms with Gasteiger partial charge in [-0.1, -0.05) is 0 Å². The molecule has 0 spiro atoms. The third-order valence-corrected chi connectivity index (χ3v) is 6.36. The molecule has 0 saturated heterocycles. The van der Waals surface area contributed by atoms with Crippen molar-refractivity contribution >= 4 is 27.9 Å². The Balaban J connectivity index is 1.70. The second-order valence-corrected chi connectivity index (χ2v) is 8.49. The first-order valence-electron chi connectivity index (χ1n) is 11.2. The summed E-state index contributed by atoms with van der Waals surface area (Å²) in [7, 11) is 0. The molecule has 0 bridgehead atoms. The van der Waals surface area contributed by atoms with E-state index < -0.39 is 22.9 Å². The van der Waals surface area contributed by atoms with E-state index in [0.717, 1.165) is 0 Å². The van der Waals surface area contributed by atoms with Crippen molar-refractivity contribution in [2.45, 2.75) is 19.4 Å². The lowest BCUT2D eigenvalue weighted by Gasteiger charge is -2.19. The van der Waals surface area contributed by atoms with Gasteiger partial charge in [0.25, 0.3) is 11.1 Å². The number of aromatic carboxylic acids is 1. The Labute approximate surface area is 201 Å². The number of hydrogen-bond donors (Lipinski definition) is 3. The molecule has 1 aromatic carbocycles. The number of H-pyrrole nitrogens is 2. The molecule has 0 saturated carbocycles. The third kappa shape index (κ3) is 3.28. The van der Waals surface area contributed by atoms with Gasteiger partial charge in [-0.25, -0.2) is 19.2 Å². The average molecular weight is 487 g/mol. The highest BCUT2D eigenvalue weighted by Gasteiger charge is 2.31. The standard InChI is InChI=1S/C25H18FN5O5/c26-16-8-17-19(21-13(16)4-2-6-36-21)18(14-3-1-5-27-23(14)32)20(25(34)35)31(17)10-12-7-15-22(28-9-12)29-11-30-24(15)33/h1,3,5,7-9,11H,2,4,6,10H2,(H,27,32)(H,34,35)(H,28,29,30,33). The molecule has 0 aliphatic carbocycles. The molecular formula is C25H18FN5O5. The molecular weight excluding hydrogens is 469 g/mol. The number of nitrogens with one attached hydrogen (secondary N) is 2. The van der Waals surface area contributed by atoms with Crippen LogP contribution in [0, 0.1) is 5.82 Å². The van der Waals surface area contributed by atoms with Crippen LogP contribution in [0.15, 0.2) is 52.6 Å². The summed E-state index contributed by atoms with van der Waals surface area (Å²) in [4.78, 5) is 51.0. The highest BCUT2D eigenvalue weighted by Crippen LogP contribution is 2.44. The van der Waals surface area contributed by atoms with E-state index in [-0.39, 0.29) is 45.7 Å². The van der Waals surface area contributed by atoms with E-state index in [1.54, 1.807) is 12.1 Å². The van der Waals surface area contributed by atoms with Crippen LogP contribution in [0.2, 0.25) is 0 Å². The molecule has 5 heterocycles. The summed E-state index contributed by atoms with van der Waals surface area (Å²) in [5.74, 6) is -1.57. The third-order valence-electron chi connectivity index (χ3n) is 6.36. The van der Waals surface area contributed by atoms with Gasteiger partial charge in [0.05, 0.1) is 34.8 Å². The maximum Gasteiger partial charge on any atom is 0.353 e. The molecule has 0 atom stereocenters. The van der Waals surface area contributed by atoms with Crippen molar-refractivity contribution in [2.24, 2.45) is 0 Å². The lowest BCUT2D eigenvalue weighted by molar-refractivity contribution is 0.0687. The van der Waals surface area contributed by atoms with Crippen LogP contribution in [-0.4, -0.2) is 42.2 Å². The van der Waals surface area contributed by atoms with E-state index >= 15 is 4.39 Å². The van der Waals surface area contributed by atoms with Crippen molar-refractivity contribution in [3.05, 3.63) is 86.3 Å². The van der Waals surface area contributed by atoms with Crippen molar-refractivity contribution < 1.29 is 19.0 Å². The first-order valence-corrected chi connectivity index (χ1v) is 11.2. The Kier molecular flexibility index (Phi) is 4.92. The predicted octanol–water partition coefficient (Wildman–Crippen LogP) is 2.84. The van der Waals surface area contributed by atoms with Gasteiger partial charge in [-0.2, -0.15) is 0 Å². The molecule has 0 unspecified atom stereocenters. The van der Waals surface area contributed by atoms with Gasteiger partial charge >= 0.3 is 5.97 Å². The lowest BCUT2D eigenvalue weighted by Crippen LogP contribution is -2.14. The van der Waals surface area contributed by atoms with Crippen LogP contribution in [0.5, 0.6) is 5.75 Å². The van der Waals surface area contributed by atoms with Crippen LogP contribution in [-0.2, 0) is 13.0 Å². The number of carboxylic acid groups (broad SMARTS) is 1. The fraction of sp³-hybridized carbons (Fsp3) is 0.160. The van der Waals surface area contributed by atoms with Gasteiger partial charge in [0, 0.05) is 30.1 Å². The summed E-state index contributed by atoms with van der Waals surface area (Å²) in [5, 5.41) is 10.9. The fourth-order valence-electron chi connectivity index (χ4n) is 4.84. The van der Waals surface area contributed by atoms with Crippen molar-refractivity contribution in [1.29, 1.82) is 0 Å². The zero-order valence-corrected chi connectivity index (χ0v) is 18.7. The highest BCUT2D eigenvalue weighted by atomic mass is 19.1. The van der Waals surface area contributed by atoms with Crippen LogP contribution in [0.4, 0.5) is 4.39 Å².